The Morgan fingerprint density at radius 1 is 1.19 bits per heavy atom. The van der Waals surface area contributed by atoms with Gasteiger partial charge in [-0.1, -0.05) is 0 Å². The van der Waals surface area contributed by atoms with E-state index in [-0.39, 0.29) is 12.2 Å². The van der Waals surface area contributed by atoms with Gasteiger partial charge in [0.25, 0.3) is 0 Å². The minimum Gasteiger partial charge on any atom is -0.404 e. The van der Waals surface area contributed by atoms with E-state index in [4.69, 9.17) is 37.3 Å². The zero-order valence-corrected chi connectivity index (χ0v) is 22.6. The molecular formula is C24H37O11P. The van der Waals surface area contributed by atoms with Crippen molar-refractivity contribution in [3.63, 3.8) is 0 Å². The number of hydrogen-bond donors (Lipinski definition) is 1. The number of fused-ring (bicyclic) bond motifs is 1. The van der Waals surface area contributed by atoms with Gasteiger partial charge in [0.2, 0.25) is 0 Å². The number of ether oxygens (including phenoxy) is 5. The minimum atomic E-state index is -4.15. The van der Waals surface area contributed by atoms with E-state index in [9.17, 15) is 14.5 Å². The number of benzene rings is 1. The molecule has 1 aromatic carbocycles. The summed E-state index contributed by atoms with van der Waals surface area (Å²) in [4.78, 5) is 10.9. The highest BCUT2D eigenvalue weighted by Gasteiger charge is 2.58. The average Bonchev–Trinajstić information content (AvgIpc) is 3.11. The Bertz CT molecular complexity index is 914. The molecule has 0 radical (unpaired) electrons. The number of carbonyl (C=O) groups is 1. The number of aldehydes is 1. The largest absolute Gasteiger partial charge is 0.530 e. The number of aliphatic hydroxyl groups is 1. The maximum atomic E-state index is 13.5. The Balaban J connectivity index is 1.88. The van der Waals surface area contributed by atoms with Gasteiger partial charge in [-0.15, -0.1) is 0 Å². The van der Waals surface area contributed by atoms with Crippen LogP contribution >= 0.6 is 7.82 Å². The third kappa shape index (κ3) is 7.56. The average molecular weight is 533 g/mol. The van der Waals surface area contributed by atoms with Gasteiger partial charge in [-0.3, -0.25) is 13.8 Å². The quantitative estimate of drug-likeness (QED) is 0.240. The highest BCUT2D eigenvalue weighted by molar-refractivity contribution is 7.48. The maximum Gasteiger partial charge on any atom is 0.530 e. The van der Waals surface area contributed by atoms with Crippen molar-refractivity contribution >= 4 is 14.1 Å². The van der Waals surface area contributed by atoms with Gasteiger partial charge in [0.05, 0.1) is 6.10 Å². The highest BCUT2D eigenvalue weighted by Crippen LogP contribution is 2.53. The van der Waals surface area contributed by atoms with Crippen molar-refractivity contribution in [2.24, 2.45) is 0 Å². The first-order valence-corrected chi connectivity index (χ1v) is 13.4. The van der Waals surface area contributed by atoms with Crippen LogP contribution in [0.15, 0.2) is 24.3 Å². The molecule has 204 valence electrons. The van der Waals surface area contributed by atoms with Gasteiger partial charge in [-0.05, 0) is 65.8 Å². The minimum absolute atomic E-state index is 0.120. The molecule has 1 aliphatic carbocycles. The van der Waals surface area contributed by atoms with Gasteiger partial charge >= 0.3 is 7.82 Å². The summed E-state index contributed by atoms with van der Waals surface area (Å²) in [5.74, 6) is -2.31. The summed E-state index contributed by atoms with van der Waals surface area (Å²) in [7, 11) is -2.94. The normalized spacial score (nSPS) is 30.3. The maximum absolute atomic E-state index is 13.5. The second-order valence-electron chi connectivity index (χ2n) is 9.58. The number of phosphoric ester groups is 1. The molecule has 1 saturated carbocycles. The topological polar surface area (TPSA) is 128 Å². The molecule has 36 heavy (non-hydrogen) atoms. The zero-order valence-electron chi connectivity index (χ0n) is 21.7. The molecule has 7 atom stereocenters. The molecule has 1 heterocycles. The Morgan fingerprint density at radius 2 is 1.83 bits per heavy atom. The SMILES string of the molecule is CCOC(C)O[C@@H]1[C@H]2OC(C)(C)O[C@H]2[C@@H](OP(=O)(OC)Oc2ccc(C=O)cc2)C[C@H]1OC(C)(C)O. The Kier molecular flexibility index (Phi) is 9.36. The van der Waals surface area contributed by atoms with Gasteiger partial charge in [0.15, 0.2) is 17.9 Å². The monoisotopic (exact) mass is 532 g/mol. The number of phosphoric acid groups is 1. The van der Waals surface area contributed by atoms with Crippen LogP contribution in [-0.2, 0) is 37.3 Å². The second kappa shape index (κ2) is 11.6. The van der Waals surface area contributed by atoms with Crippen LogP contribution in [0.1, 0.15) is 58.3 Å². The fourth-order valence-electron chi connectivity index (χ4n) is 4.32. The number of carbonyl (C=O) groups excluding carboxylic acids is 1. The van der Waals surface area contributed by atoms with E-state index in [1.54, 1.807) is 20.8 Å². The Morgan fingerprint density at radius 3 is 2.39 bits per heavy atom. The summed E-state index contributed by atoms with van der Waals surface area (Å²) in [5.41, 5.74) is 0.434. The molecule has 2 fully saturated rings. The van der Waals surface area contributed by atoms with Gasteiger partial charge in [0.1, 0.15) is 36.5 Å². The van der Waals surface area contributed by atoms with E-state index in [1.165, 1.54) is 45.2 Å². The fraction of sp³-hybridized carbons (Fsp3) is 0.708. The lowest BCUT2D eigenvalue weighted by Gasteiger charge is -2.44. The van der Waals surface area contributed by atoms with Crippen LogP contribution in [0.3, 0.4) is 0 Å². The van der Waals surface area contributed by atoms with E-state index in [0.29, 0.717) is 18.5 Å². The van der Waals surface area contributed by atoms with Crippen LogP contribution in [0.4, 0.5) is 0 Å². The number of hydrogen-bond acceptors (Lipinski definition) is 11. The molecule has 1 aliphatic heterocycles. The number of rotatable bonds is 12. The molecule has 12 heteroatoms. The molecule has 1 aromatic rings. The first-order chi connectivity index (χ1) is 16.8. The predicted molar refractivity (Wildman–Crippen MR) is 128 cm³/mol. The molecule has 2 aliphatic rings. The molecule has 1 saturated heterocycles. The first kappa shape index (κ1) is 29.2. The zero-order chi connectivity index (χ0) is 26.7. The van der Waals surface area contributed by atoms with E-state index in [1.807, 2.05) is 6.92 Å². The van der Waals surface area contributed by atoms with Crippen molar-refractivity contribution in [3.8, 4) is 5.75 Å². The summed E-state index contributed by atoms with van der Waals surface area (Å²) in [6.45, 7) is 10.5. The highest BCUT2D eigenvalue weighted by atomic mass is 31.2. The molecule has 0 spiro atoms. The fourth-order valence-corrected chi connectivity index (χ4v) is 5.44. The lowest BCUT2D eigenvalue weighted by Crippen LogP contribution is -2.59. The van der Waals surface area contributed by atoms with Crippen LogP contribution in [-0.4, -0.2) is 73.5 Å². The first-order valence-electron chi connectivity index (χ1n) is 11.9. The third-order valence-electron chi connectivity index (χ3n) is 5.60. The second-order valence-corrected chi connectivity index (χ2v) is 11.2. The van der Waals surface area contributed by atoms with Crippen molar-refractivity contribution in [1.29, 1.82) is 0 Å². The molecule has 1 N–H and O–H groups in total. The summed E-state index contributed by atoms with van der Waals surface area (Å²) in [6.07, 6.45) is -3.50. The van der Waals surface area contributed by atoms with Gasteiger partial charge < -0.3 is 33.3 Å². The van der Waals surface area contributed by atoms with Crippen LogP contribution in [0.2, 0.25) is 0 Å². The van der Waals surface area contributed by atoms with Crippen LogP contribution in [0.25, 0.3) is 0 Å². The van der Waals surface area contributed by atoms with Gasteiger partial charge in [0, 0.05) is 25.7 Å². The Hall–Kier alpha value is -1.40. The molecule has 11 nitrogen and oxygen atoms in total. The van der Waals surface area contributed by atoms with Gasteiger partial charge in [-0.25, -0.2) is 4.57 Å². The molecule has 2 unspecified atom stereocenters. The lowest BCUT2D eigenvalue weighted by atomic mass is 9.87. The van der Waals surface area contributed by atoms with E-state index in [2.05, 4.69) is 0 Å². The van der Waals surface area contributed by atoms with Crippen molar-refractivity contribution < 1.29 is 51.7 Å². The summed E-state index contributed by atoms with van der Waals surface area (Å²) in [6, 6.07) is 6.01. The summed E-state index contributed by atoms with van der Waals surface area (Å²) >= 11 is 0. The molecule has 0 aromatic heterocycles. The molecular weight excluding hydrogens is 495 g/mol. The third-order valence-corrected chi connectivity index (χ3v) is 7.01. The van der Waals surface area contributed by atoms with E-state index < -0.39 is 56.2 Å². The van der Waals surface area contributed by atoms with E-state index >= 15 is 0 Å². The smallest absolute Gasteiger partial charge is 0.404 e. The van der Waals surface area contributed by atoms with Crippen LogP contribution in [0.5, 0.6) is 5.75 Å². The van der Waals surface area contributed by atoms with Crippen molar-refractivity contribution in [1.82, 2.24) is 0 Å². The summed E-state index contributed by atoms with van der Waals surface area (Å²) < 4.78 is 60.1. The molecule has 0 bridgehead atoms. The van der Waals surface area contributed by atoms with Crippen LogP contribution < -0.4 is 4.52 Å². The van der Waals surface area contributed by atoms with Crippen molar-refractivity contribution in [3.05, 3.63) is 29.8 Å². The summed E-state index contributed by atoms with van der Waals surface area (Å²) in [5, 5.41) is 10.4. The van der Waals surface area contributed by atoms with Crippen molar-refractivity contribution in [2.45, 2.75) is 96.3 Å². The van der Waals surface area contributed by atoms with Crippen molar-refractivity contribution in [2.75, 3.05) is 13.7 Å². The predicted octanol–water partition coefficient (Wildman–Crippen LogP) is 3.82. The van der Waals surface area contributed by atoms with E-state index in [0.717, 1.165) is 0 Å². The van der Waals surface area contributed by atoms with Crippen LogP contribution in [0, 0.1) is 0 Å². The molecule has 3 rings (SSSR count). The Labute approximate surface area is 211 Å². The lowest BCUT2D eigenvalue weighted by molar-refractivity contribution is -0.285. The standard InChI is InChI=1S/C24H37O11P/c1-8-29-15(2)30-20-18(31-23(3,4)26)13-19(21-22(20)33-24(5,6)32-21)35-36(27,28-7)34-17-11-9-16(14-25)10-12-17/h9-12,14-15,18-22,26H,8,13H2,1-7H3/t15?,18-,19+,20+,21+,22-,36?/m1/s1. The van der Waals surface area contributed by atoms with Gasteiger partial charge in [-0.2, -0.15) is 0 Å². The molecule has 0 amide bonds.